The van der Waals surface area contributed by atoms with Crippen molar-refractivity contribution in [2.75, 3.05) is 7.11 Å². The Labute approximate surface area is 130 Å². The fraction of sp³-hybridized carbons (Fsp3) is 0.278. The molecule has 0 radical (unpaired) electrons. The first-order valence-electron chi connectivity index (χ1n) is 6.94. The van der Waals surface area contributed by atoms with Gasteiger partial charge in [-0.15, -0.1) is 11.8 Å². The van der Waals surface area contributed by atoms with Crippen molar-refractivity contribution in [2.45, 2.75) is 30.4 Å². The summed E-state index contributed by atoms with van der Waals surface area (Å²) in [7, 11) is 1.66. The van der Waals surface area contributed by atoms with Gasteiger partial charge >= 0.3 is 0 Å². The number of nitrogens with zero attached hydrogens (tertiary/aromatic N) is 1. The minimum atomic E-state index is 0.552. The molecule has 0 saturated heterocycles. The first-order chi connectivity index (χ1) is 10.1. The summed E-state index contributed by atoms with van der Waals surface area (Å²) in [5, 5.41) is 9.00. The van der Waals surface area contributed by atoms with E-state index in [4.69, 9.17) is 10.00 Å². The Morgan fingerprint density at radius 3 is 2.43 bits per heavy atom. The van der Waals surface area contributed by atoms with Crippen LogP contribution < -0.4 is 4.74 Å². The Bertz CT molecular complexity index is 641. The van der Waals surface area contributed by atoms with Gasteiger partial charge in [0.1, 0.15) is 5.75 Å². The molecule has 0 saturated carbocycles. The van der Waals surface area contributed by atoms with E-state index in [1.165, 1.54) is 10.5 Å². The lowest BCUT2D eigenvalue weighted by atomic mass is 10.0. The van der Waals surface area contributed by atoms with Crippen LogP contribution in [0.25, 0.3) is 0 Å². The van der Waals surface area contributed by atoms with Gasteiger partial charge in [-0.05, 0) is 41.8 Å². The Morgan fingerprint density at radius 2 is 1.86 bits per heavy atom. The molecule has 3 heteroatoms. The van der Waals surface area contributed by atoms with Gasteiger partial charge in [0.25, 0.3) is 0 Å². The molecule has 0 unspecified atom stereocenters. The van der Waals surface area contributed by atoms with Gasteiger partial charge in [-0.3, -0.25) is 0 Å². The summed E-state index contributed by atoms with van der Waals surface area (Å²) >= 11 is 1.75. The van der Waals surface area contributed by atoms with E-state index in [9.17, 15) is 0 Å². The highest BCUT2D eigenvalue weighted by Gasteiger charge is 2.06. The molecule has 0 aliphatic heterocycles. The quantitative estimate of drug-likeness (QED) is 0.729. The topological polar surface area (TPSA) is 33.0 Å². The van der Waals surface area contributed by atoms with E-state index in [1.54, 1.807) is 24.9 Å². The van der Waals surface area contributed by atoms with Gasteiger partial charge in [0.2, 0.25) is 0 Å². The molecule has 0 N–H and O–H groups in total. The van der Waals surface area contributed by atoms with E-state index in [0.717, 1.165) is 17.1 Å². The highest BCUT2D eigenvalue weighted by molar-refractivity contribution is 7.98. The Morgan fingerprint density at radius 1 is 1.14 bits per heavy atom. The minimum Gasteiger partial charge on any atom is -0.496 e. The van der Waals surface area contributed by atoms with Gasteiger partial charge in [-0.25, -0.2) is 0 Å². The highest BCUT2D eigenvalue weighted by Crippen LogP contribution is 2.29. The first-order valence-corrected chi connectivity index (χ1v) is 7.92. The molecule has 0 aliphatic rings. The lowest BCUT2D eigenvalue weighted by molar-refractivity contribution is 0.411. The summed E-state index contributed by atoms with van der Waals surface area (Å²) in [5.74, 6) is 2.18. The lowest BCUT2D eigenvalue weighted by Crippen LogP contribution is -1.92. The summed E-state index contributed by atoms with van der Waals surface area (Å²) in [4.78, 5) is 1.23. The van der Waals surface area contributed by atoms with Crippen LogP contribution in [0.1, 0.15) is 36.5 Å². The molecule has 2 aromatic rings. The van der Waals surface area contributed by atoms with Gasteiger partial charge in [-0.1, -0.05) is 26.0 Å². The zero-order chi connectivity index (χ0) is 15.2. The van der Waals surface area contributed by atoms with E-state index < -0.39 is 0 Å². The predicted molar refractivity (Wildman–Crippen MR) is 87.8 cm³/mol. The molecule has 21 heavy (non-hydrogen) atoms. The van der Waals surface area contributed by atoms with Crippen molar-refractivity contribution in [3.05, 3.63) is 59.2 Å². The molecule has 2 nitrogen and oxygen atoms in total. The van der Waals surface area contributed by atoms with Crippen LogP contribution in [0.3, 0.4) is 0 Å². The van der Waals surface area contributed by atoms with Crippen LogP contribution in [0.4, 0.5) is 0 Å². The number of ether oxygens (including phenoxy) is 1. The van der Waals surface area contributed by atoms with Crippen LogP contribution in [-0.2, 0) is 5.75 Å². The van der Waals surface area contributed by atoms with Gasteiger partial charge in [-0.2, -0.15) is 5.26 Å². The van der Waals surface area contributed by atoms with Gasteiger partial charge in [0.15, 0.2) is 0 Å². The van der Waals surface area contributed by atoms with Crippen molar-refractivity contribution in [3.8, 4) is 11.8 Å². The van der Waals surface area contributed by atoms with Crippen LogP contribution in [0.2, 0.25) is 0 Å². The monoisotopic (exact) mass is 297 g/mol. The van der Waals surface area contributed by atoms with E-state index >= 15 is 0 Å². The summed E-state index contributed by atoms with van der Waals surface area (Å²) < 4.78 is 5.36. The van der Waals surface area contributed by atoms with E-state index in [-0.39, 0.29) is 0 Å². The number of nitriles is 1. The second kappa shape index (κ2) is 7.19. The molecule has 108 valence electrons. The number of rotatable bonds is 5. The standard InChI is InChI=1S/C18H19NOS/c1-13(2)15-5-7-17(8-6-15)21-12-16-10-14(11-19)4-9-18(16)20-3/h4-10,13H,12H2,1-3H3. The Hall–Kier alpha value is -1.92. The van der Waals surface area contributed by atoms with Gasteiger partial charge in [0.05, 0.1) is 18.7 Å². The predicted octanol–water partition coefficient (Wildman–Crippen LogP) is 4.98. The molecule has 0 amide bonds. The second-order valence-electron chi connectivity index (χ2n) is 5.15. The van der Waals surface area contributed by atoms with E-state index in [2.05, 4.69) is 44.2 Å². The molecule has 2 aromatic carbocycles. The maximum Gasteiger partial charge on any atom is 0.122 e. The summed E-state index contributed by atoms with van der Waals surface area (Å²) in [6, 6.07) is 16.4. The molecular weight excluding hydrogens is 278 g/mol. The summed E-state index contributed by atoms with van der Waals surface area (Å²) in [6.07, 6.45) is 0. The number of hydrogen-bond acceptors (Lipinski definition) is 3. The zero-order valence-electron chi connectivity index (χ0n) is 12.6. The van der Waals surface area contributed by atoms with Gasteiger partial charge < -0.3 is 4.74 Å². The van der Waals surface area contributed by atoms with Crippen LogP contribution in [-0.4, -0.2) is 7.11 Å². The normalized spacial score (nSPS) is 10.4. The molecule has 0 aliphatic carbocycles. The average Bonchev–Trinajstić information content (AvgIpc) is 2.52. The maximum absolute atomic E-state index is 9.00. The smallest absolute Gasteiger partial charge is 0.122 e. The summed E-state index contributed by atoms with van der Waals surface area (Å²) in [6.45, 7) is 4.39. The molecule has 0 fully saturated rings. The largest absolute Gasteiger partial charge is 0.496 e. The minimum absolute atomic E-state index is 0.552. The number of methoxy groups -OCH3 is 1. The Kier molecular flexibility index (Phi) is 5.30. The highest BCUT2D eigenvalue weighted by atomic mass is 32.2. The zero-order valence-corrected chi connectivity index (χ0v) is 13.4. The van der Waals surface area contributed by atoms with Crippen molar-refractivity contribution in [1.29, 1.82) is 5.26 Å². The molecule has 0 atom stereocenters. The van der Waals surface area contributed by atoms with Crippen LogP contribution >= 0.6 is 11.8 Å². The molecule has 0 aromatic heterocycles. The number of thioether (sulfide) groups is 1. The van der Waals surface area contributed by atoms with Crippen molar-refractivity contribution >= 4 is 11.8 Å². The number of hydrogen-bond donors (Lipinski definition) is 0. The second-order valence-corrected chi connectivity index (χ2v) is 6.20. The molecular formula is C18H19NOS. The SMILES string of the molecule is COc1ccc(C#N)cc1CSc1ccc(C(C)C)cc1. The van der Waals surface area contributed by atoms with E-state index in [0.29, 0.717) is 11.5 Å². The van der Waals surface area contributed by atoms with Crippen LogP contribution in [0.5, 0.6) is 5.75 Å². The summed E-state index contributed by atoms with van der Waals surface area (Å²) in [5.41, 5.74) is 3.07. The fourth-order valence-electron chi connectivity index (χ4n) is 2.07. The number of benzene rings is 2. The van der Waals surface area contributed by atoms with Gasteiger partial charge in [0, 0.05) is 16.2 Å². The Balaban J connectivity index is 2.10. The van der Waals surface area contributed by atoms with Crippen molar-refractivity contribution in [3.63, 3.8) is 0 Å². The fourth-order valence-corrected chi connectivity index (χ4v) is 2.95. The van der Waals surface area contributed by atoms with E-state index in [1.807, 2.05) is 12.1 Å². The van der Waals surface area contributed by atoms with Crippen molar-refractivity contribution in [1.82, 2.24) is 0 Å². The molecule has 0 bridgehead atoms. The average molecular weight is 297 g/mol. The third-order valence-electron chi connectivity index (χ3n) is 3.35. The first kappa shape index (κ1) is 15.5. The lowest BCUT2D eigenvalue weighted by Gasteiger charge is -2.10. The molecule has 2 rings (SSSR count). The van der Waals surface area contributed by atoms with Crippen LogP contribution in [0, 0.1) is 11.3 Å². The maximum atomic E-state index is 9.00. The van der Waals surface area contributed by atoms with Crippen molar-refractivity contribution < 1.29 is 4.74 Å². The molecule has 0 heterocycles. The van der Waals surface area contributed by atoms with Crippen LogP contribution in [0.15, 0.2) is 47.4 Å². The third kappa shape index (κ3) is 4.03. The molecule has 0 spiro atoms. The van der Waals surface area contributed by atoms with Crippen molar-refractivity contribution in [2.24, 2.45) is 0 Å². The third-order valence-corrected chi connectivity index (χ3v) is 4.41.